The Morgan fingerprint density at radius 2 is 1.76 bits per heavy atom. The van der Waals surface area contributed by atoms with Crippen LogP contribution < -0.4 is 4.90 Å². The van der Waals surface area contributed by atoms with Gasteiger partial charge in [0.1, 0.15) is 5.82 Å². The number of piperazine rings is 1. The first-order valence-electron chi connectivity index (χ1n) is 10.3. The maximum atomic E-state index is 13.0. The summed E-state index contributed by atoms with van der Waals surface area (Å²) in [6, 6.07) is 14.1. The van der Waals surface area contributed by atoms with E-state index < -0.39 is 0 Å². The van der Waals surface area contributed by atoms with Crippen LogP contribution in [0.4, 0.5) is 5.82 Å². The van der Waals surface area contributed by atoms with E-state index >= 15 is 0 Å². The highest BCUT2D eigenvalue weighted by Crippen LogP contribution is 2.16. The van der Waals surface area contributed by atoms with Gasteiger partial charge in [-0.25, -0.2) is 4.98 Å². The van der Waals surface area contributed by atoms with Gasteiger partial charge in [0, 0.05) is 57.6 Å². The third-order valence-corrected chi connectivity index (χ3v) is 5.46. The number of carbonyl (C=O) groups excluding carboxylic acids is 1. The zero-order chi connectivity index (χ0) is 19.9. The molecule has 2 fully saturated rings. The monoisotopic (exact) mass is 392 g/mol. The Labute approximate surface area is 172 Å². The second-order valence-electron chi connectivity index (χ2n) is 7.41. The lowest BCUT2D eigenvalue weighted by molar-refractivity contribution is 0.0650. The molecule has 0 atom stereocenters. The summed E-state index contributed by atoms with van der Waals surface area (Å²) in [5, 5.41) is 0. The molecule has 152 valence electrons. The van der Waals surface area contributed by atoms with Gasteiger partial charge in [-0.05, 0) is 17.7 Å². The number of hydrogen-bond donors (Lipinski definition) is 0. The summed E-state index contributed by atoms with van der Waals surface area (Å²) < 4.78 is 5.40. The summed E-state index contributed by atoms with van der Waals surface area (Å²) >= 11 is 0. The number of rotatable bonds is 5. The lowest BCUT2D eigenvalue weighted by Gasteiger charge is -2.34. The lowest BCUT2D eigenvalue weighted by Crippen LogP contribution is -2.48. The fourth-order valence-electron chi connectivity index (χ4n) is 3.73. The average Bonchev–Trinajstić information content (AvgIpc) is 2.80. The molecule has 1 amide bonds. The van der Waals surface area contributed by atoms with Crippen molar-refractivity contribution in [3.63, 3.8) is 0 Å². The molecule has 0 saturated carbocycles. The van der Waals surface area contributed by atoms with Crippen LogP contribution in [0, 0.1) is 0 Å². The summed E-state index contributed by atoms with van der Waals surface area (Å²) in [6.07, 6.45) is 6.09. The highest BCUT2D eigenvalue weighted by molar-refractivity contribution is 5.95. The molecule has 2 aliphatic heterocycles. The van der Waals surface area contributed by atoms with Gasteiger partial charge >= 0.3 is 0 Å². The van der Waals surface area contributed by atoms with Crippen molar-refractivity contribution in [3.8, 4) is 0 Å². The minimum Gasteiger partial charge on any atom is -0.378 e. The number of carbonyl (C=O) groups is 1. The summed E-state index contributed by atoms with van der Waals surface area (Å²) in [5.74, 6) is 0.963. The molecule has 29 heavy (non-hydrogen) atoms. The minimum atomic E-state index is 0.0985. The van der Waals surface area contributed by atoms with Crippen molar-refractivity contribution in [1.29, 1.82) is 0 Å². The Kier molecular flexibility index (Phi) is 6.54. The number of aromatic nitrogens is 1. The largest absolute Gasteiger partial charge is 0.378 e. The molecule has 0 radical (unpaired) electrons. The van der Waals surface area contributed by atoms with Gasteiger partial charge in [0.05, 0.1) is 13.2 Å². The van der Waals surface area contributed by atoms with E-state index in [9.17, 15) is 4.79 Å². The van der Waals surface area contributed by atoms with Crippen LogP contribution in [-0.2, 0) is 4.74 Å². The third kappa shape index (κ3) is 5.22. The van der Waals surface area contributed by atoms with Gasteiger partial charge in [0.25, 0.3) is 5.91 Å². The van der Waals surface area contributed by atoms with Crippen LogP contribution in [0.15, 0.2) is 54.7 Å². The molecule has 1 aromatic carbocycles. The fraction of sp³-hybridized carbons (Fsp3) is 0.391. The molecule has 0 aliphatic carbocycles. The Hall–Kier alpha value is -2.70. The molecular formula is C23H28N4O2. The predicted molar refractivity (Wildman–Crippen MR) is 115 cm³/mol. The van der Waals surface area contributed by atoms with Gasteiger partial charge in [0.15, 0.2) is 0 Å². The molecule has 4 rings (SSSR count). The quantitative estimate of drug-likeness (QED) is 0.782. The number of hydrogen-bond acceptors (Lipinski definition) is 5. The molecule has 0 spiro atoms. The van der Waals surface area contributed by atoms with Crippen LogP contribution >= 0.6 is 0 Å². The van der Waals surface area contributed by atoms with Gasteiger partial charge in [0.2, 0.25) is 0 Å². The summed E-state index contributed by atoms with van der Waals surface area (Å²) in [4.78, 5) is 23.9. The maximum Gasteiger partial charge on any atom is 0.254 e. The molecule has 0 bridgehead atoms. The van der Waals surface area contributed by atoms with Crippen LogP contribution in [0.5, 0.6) is 0 Å². The first-order valence-corrected chi connectivity index (χ1v) is 10.3. The van der Waals surface area contributed by atoms with E-state index in [1.54, 1.807) is 6.20 Å². The highest BCUT2D eigenvalue weighted by atomic mass is 16.5. The second-order valence-corrected chi connectivity index (χ2v) is 7.41. The van der Waals surface area contributed by atoms with Crippen LogP contribution in [0.1, 0.15) is 15.9 Å². The Bertz CT molecular complexity index is 826. The molecule has 1 aromatic heterocycles. The number of benzene rings is 1. The van der Waals surface area contributed by atoms with Crippen molar-refractivity contribution in [3.05, 3.63) is 65.9 Å². The van der Waals surface area contributed by atoms with E-state index in [0.29, 0.717) is 13.2 Å². The Balaban J connectivity index is 1.29. The van der Waals surface area contributed by atoms with Crippen LogP contribution in [0.3, 0.4) is 0 Å². The first kappa shape index (κ1) is 19.6. The lowest BCUT2D eigenvalue weighted by atomic mass is 10.2. The normalized spacial score (nSPS) is 18.3. The van der Waals surface area contributed by atoms with E-state index in [4.69, 9.17) is 4.74 Å². The van der Waals surface area contributed by atoms with Gasteiger partial charge < -0.3 is 14.5 Å². The van der Waals surface area contributed by atoms with E-state index in [-0.39, 0.29) is 5.91 Å². The third-order valence-electron chi connectivity index (χ3n) is 5.46. The maximum absolute atomic E-state index is 13.0. The van der Waals surface area contributed by atoms with Crippen LogP contribution in [-0.4, -0.2) is 79.7 Å². The first-order chi connectivity index (χ1) is 14.3. The summed E-state index contributed by atoms with van der Waals surface area (Å²) in [7, 11) is 0. The zero-order valence-electron chi connectivity index (χ0n) is 16.7. The van der Waals surface area contributed by atoms with Crippen molar-refractivity contribution in [2.75, 3.05) is 63.9 Å². The average molecular weight is 393 g/mol. The zero-order valence-corrected chi connectivity index (χ0v) is 16.7. The van der Waals surface area contributed by atoms with E-state index in [0.717, 1.165) is 57.2 Å². The number of pyridine rings is 1. The molecule has 0 N–H and O–H groups in total. The summed E-state index contributed by atoms with van der Waals surface area (Å²) in [5.41, 5.74) is 1.94. The van der Waals surface area contributed by atoms with Crippen molar-refractivity contribution < 1.29 is 9.53 Å². The number of nitrogens with zero attached hydrogens (tertiary/aromatic N) is 4. The number of amides is 1. The Morgan fingerprint density at radius 3 is 2.52 bits per heavy atom. The predicted octanol–water partition coefficient (Wildman–Crippen LogP) is 2.39. The van der Waals surface area contributed by atoms with Crippen LogP contribution in [0.2, 0.25) is 0 Å². The second kappa shape index (κ2) is 9.67. The highest BCUT2D eigenvalue weighted by Gasteiger charge is 2.22. The van der Waals surface area contributed by atoms with E-state index in [1.807, 2.05) is 35.2 Å². The van der Waals surface area contributed by atoms with Gasteiger partial charge in [-0.2, -0.15) is 0 Å². The number of anilines is 1. The van der Waals surface area contributed by atoms with Crippen molar-refractivity contribution in [2.24, 2.45) is 0 Å². The molecule has 2 aromatic rings. The number of ether oxygens (including phenoxy) is 1. The Morgan fingerprint density at radius 1 is 1.00 bits per heavy atom. The van der Waals surface area contributed by atoms with Gasteiger partial charge in [-0.15, -0.1) is 0 Å². The topological polar surface area (TPSA) is 48.9 Å². The minimum absolute atomic E-state index is 0.0985. The molecule has 0 unspecified atom stereocenters. The molecule has 3 heterocycles. The van der Waals surface area contributed by atoms with E-state index in [2.05, 4.69) is 39.1 Å². The molecule has 6 heteroatoms. The van der Waals surface area contributed by atoms with Crippen molar-refractivity contribution in [1.82, 2.24) is 14.8 Å². The van der Waals surface area contributed by atoms with E-state index in [1.165, 1.54) is 5.56 Å². The van der Waals surface area contributed by atoms with Gasteiger partial charge in [-0.3, -0.25) is 9.69 Å². The molecule has 6 nitrogen and oxygen atoms in total. The fourth-order valence-corrected chi connectivity index (χ4v) is 3.73. The SMILES string of the molecule is O=C(c1ccnc(N2CCOCC2)c1)N1CCN(C/C=C/c2ccccc2)CC1. The van der Waals surface area contributed by atoms with Crippen molar-refractivity contribution >= 4 is 17.8 Å². The number of morpholine rings is 1. The molecular weight excluding hydrogens is 364 g/mol. The van der Waals surface area contributed by atoms with Crippen LogP contribution in [0.25, 0.3) is 6.08 Å². The smallest absolute Gasteiger partial charge is 0.254 e. The van der Waals surface area contributed by atoms with Gasteiger partial charge in [-0.1, -0.05) is 42.5 Å². The summed E-state index contributed by atoms with van der Waals surface area (Å²) in [6.45, 7) is 7.27. The molecule has 2 saturated heterocycles. The standard InChI is InChI=1S/C23H28N4O2/c28-23(21-8-9-24-22(19-21)26-15-17-29-18-16-26)27-13-11-25(12-14-27)10-4-7-20-5-2-1-3-6-20/h1-9,19H,10-18H2/b7-4+. The molecule has 2 aliphatic rings. The van der Waals surface area contributed by atoms with Crippen molar-refractivity contribution in [2.45, 2.75) is 0 Å².